The maximum atomic E-state index is 13.2. The average Bonchev–Trinajstić information content (AvgIpc) is 2.73. The van der Waals surface area contributed by atoms with Gasteiger partial charge in [0.05, 0.1) is 0 Å². The zero-order chi connectivity index (χ0) is 15.3. The number of fused-ring (bicyclic) bond motifs is 1. The lowest BCUT2D eigenvalue weighted by Crippen LogP contribution is -2.34. The second-order valence-corrected chi connectivity index (χ2v) is 3.86. The molecule has 0 amide bonds. The number of alkyl halides is 5. The minimum Gasteiger partial charge on any atom is -0.331 e. The molecule has 0 bridgehead atoms. The number of hydrogen-bond acceptors (Lipinski definition) is 3. The van der Waals surface area contributed by atoms with Crippen LogP contribution in [0.1, 0.15) is 12.7 Å². The Bertz CT molecular complexity index is 769. The Morgan fingerprint density at radius 2 is 1.75 bits per heavy atom. The SMILES string of the molecule is CCn1c(=O)[nH]c(=O)c2[nH]c(C(F)(F)C(F)(F)F)nc21. The van der Waals surface area contributed by atoms with Crippen LogP contribution in [0.15, 0.2) is 9.59 Å². The van der Waals surface area contributed by atoms with E-state index in [0.717, 1.165) is 4.57 Å². The third kappa shape index (κ3) is 1.89. The number of aromatic amines is 2. The van der Waals surface area contributed by atoms with E-state index in [1.54, 1.807) is 9.97 Å². The molecule has 6 nitrogen and oxygen atoms in total. The number of rotatable bonds is 2. The van der Waals surface area contributed by atoms with Gasteiger partial charge in [0.15, 0.2) is 11.5 Å². The number of aromatic nitrogens is 4. The standard InChI is InChI=1S/C9H7F5N4O2/c1-2-18-4-3(5(19)17-7(18)20)15-6(16-4)8(10,11)9(12,13)14/h2H2,1H3,(H,15,16)(H,17,19,20). The molecule has 0 aliphatic rings. The van der Waals surface area contributed by atoms with E-state index in [9.17, 15) is 31.5 Å². The van der Waals surface area contributed by atoms with E-state index >= 15 is 0 Å². The van der Waals surface area contributed by atoms with E-state index in [0.29, 0.717) is 0 Å². The van der Waals surface area contributed by atoms with Crippen LogP contribution >= 0.6 is 0 Å². The van der Waals surface area contributed by atoms with Gasteiger partial charge in [0.25, 0.3) is 5.56 Å². The van der Waals surface area contributed by atoms with E-state index in [-0.39, 0.29) is 6.54 Å². The first-order chi connectivity index (χ1) is 9.09. The fourth-order valence-electron chi connectivity index (χ4n) is 1.62. The molecule has 2 aromatic rings. The van der Waals surface area contributed by atoms with E-state index in [2.05, 4.69) is 4.98 Å². The van der Waals surface area contributed by atoms with Gasteiger partial charge >= 0.3 is 17.8 Å². The molecule has 110 valence electrons. The van der Waals surface area contributed by atoms with Gasteiger partial charge < -0.3 is 4.98 Å². The number of imidazole rings is 1. The molecular formula is C9H7F5N4O2. The molecule has 0 aliphatic heterocycles. The zero-order valence-electron chi connectivity index (χ0n) is 9.81. The fourth-order valence-corrected chi connectivity index (χ4v) is 1.62. The van der Waals surface area contributed by atoms with Crippen molar-refractivity contribution in [2.24, 2.45) is 0 Å². The minimum atomic E-state index is -5.87. The summed E-state index contributed by atoms with van der Waals surface area (Å²) >= 11 is 0. The second-order valence-electron chi connectivity index (χ2n) is 3.86. The lowest BCUT2D eigenvalue weighted by atomic mass is 10.3. The highest BCUT2D eigenvalue weighted by molar-refractivity contribution is 5.69. The van der Waals surface area contributed by atoms with Crippen LogP contribution < -0.4 is 11.2 Å². The molecule has 0 saturated heterocycles. The molecule has 0 unspecified atom stereocenters. The van der Waals surface area contributed by atoms with Crippen LogP contribution in [0, 0.1) is 0 Å². The molecule has 0 fully saturated rings. The van der Waals surface area contributed by atoms with Gasteiger partial charge in [0.1, 0.15) is 5.52 Å². The molecule has 0 spiro atoms. The number of aryl methyl sites for hydroxylation is 1. The van der Waals surface area contributed by atoms with Crippen molar-refractivity contribution in [3.8, 4) is 0 Å². The van der Waals surface area contributed by atoms with Crippen LogP contribution in [0.5, 0.6) is 0 Å². The summed E-state index contributed by atoms with van der Waals surface area (Å²) in [6.07, 6.45) is -5.87. The molecule has 0 radical (unpaired) electrons. The number of nitrogens with zero attached hydrogens (tertiary/aromatic N) is 2. The van der Waals surface area contributed by atoms with Gasteiger partial charge in [-0.05, 0) is 6.92 Å². The molecule has 2 aromatic heterocycles. The summed E-state index contributed by atoms with van der Waals surface area (Å²) in [4.78, 5) is 29.3. The monoisotopic (exact) mass is 298 g/mol. The van der Waals surface area contributed by atoms with Crippen LogP contribution in [0.3, 0.4) is 0 Å². The van der Waals surface area contributed by atoms with Crippen molar-refractivity contribution in [1.82, 2.24) is 19.5 Å². The maximum Gasteiger partial charge on any atom is 0.461 e. The topological polar surface area (TPSA) is 83.5 Å². The van der Waals surface area contributed by atoms with Crippen molar-refractivity contribution in [2.45, 2.75) is 25.6 Å². The lowest BCUT2D eigenvalue weighted by molar-refractivity contribution is -0.292. The van der Waals surface area contributed by atoms with Gasteiger partial charge in [0, 0.05) is 6.54 Å². The normalized spacial score (nSPS) is 13.1. The fraction of sp³-hybridized carbons (Fsp3) is 0.444. The van der Waals surface area contributed by atoms with Gasteiger partial charge in [-0.1, -0.05) is 0 Å². The molecule has 0 atom stereocenters. The van der Waals surface area contributed by atoms with Crippen LogP contribution in [0.4, 0.5) is 22.0 Å². The van der Waals surface area contributed by atoms with Gasteiger partial charge in [-0.3, -0.25) is 14.3 Å². The van der Waals surface area contributed by atoms with Gasteiger partial charge in [-0.25, -0.2) is 9.78 Å². The molecule has 2 rings (SSSR count). The molecule has 2 N–H and O–H groups in total. The van der Waals surface area contributed by atoms with E-state index in [1.807, 2.05) is 0 Å². The first-order valence-electron chi connectivity index (χ1n) is 5.27. The van der Waals surface area contributed by atoms with Crippen molar-refractivity contribution in [2.75, 3.05) is 0 Å². The molecule has 20 heavy (non-hydrogen) atoms. The van der Waals surface area contributed by atoms with Crippen LogP contribution in [-0.4, -0.2) is 25.7 Å². The quantitative estimate of drug-likeness (QED) is 0.814. The van der Waals surface area contributed by atoms with Crippen molar-refractivity contribution in [3.05, 3.63) is 26.7 Å². The average molecular weight is 298 g/mol. The predicted molar refractivity (Wildman–Crippen MR) is 56.6 cm³/mol. The summed E-state index contributed by atoms with van der Waals surface area (Å²) < 4.78 is 63.8. The Morgan fingerprint density at radius 3 is 2.25 bits per heavy atom. The highest BCUT2D eigenvalue weighted by Crippen LogP contribution is 2.42. The number of H-pyrrole nitrogens is 2. The first-order valence-corrected chi connectivity index (χ1v) is 5.27. The number of halogens is 5. The number of hydrogen-bond donors (Lipinski definition) is 2. The van der Waals surface area contributed by atoms with E-state index in [4.69, 9.17) is 0 Å². The van der Waals surface area contributed by atoms with E-state index < -0.39 is 40.3 Å². The van der Waals surface area contributed by atoms with Crippen molar-refractivity contribution >= 4 is 11.2 Å². The van der Waals surface area contributed by atoms with Crippen molar-refractivity contribution < 1.29 is 22.0 Å². The molecule has 2 heterocycles. The summed E-state index contributed by atoms with van der Waals surface area (Å²) in [5.41, 5.74) is -3.24. The summed E-state index contributed by atoms with van der Waals surface area (Å²) in [7, 11) is 0. The highest BCUT2D eigenvalue weighted by Gasteiger charge is 2.61. The van der Waals surface area contributed by atoms with Gasteiger partial charge in [-0.2, -0.15) is 22.0 Å². The summed E-state index contributed by atoms with van der Waals surface area (Å²) in [5, 5.41) is 0. The predicted octanol–water partition coefficient (Wildman–Crippen LogP) is 1.09. The Kier molecular flexibility index (Phi) is 2.95. The Hall–Kier alpha value is -2.20. The molecular weight excluding hydrogens is 291 g/mol. The Balaban J connectivity index is 2.82. The lowest BCUT2D eigenvalue weighted by Gasteiger charge is -2.16. The smallest absolute Gasteiger partial charge is 0.331 e. The summed E-state index contributed by atoms with van der Waals surface area (Å²) in [6, 6.07) is 0. The van der Waals surface area contributed by atoms with Crippen LogP contribution in [-0.2, 0) is 12.5 Å². The van der Waals surface area contributed by atoms with E-state index in [1.165, 1.54) is 6.92 Å². The Morgan fingerprint density at radius 1 is 1.15 bits per heavy atom. The van der Waals surface area contributed by atoms with Gasteiger partial charge in [0.2, 0.25) is 0 Å². The molecule has 11 heteroatoms. The van der Waals surface area contributed by atoms with Crippen LogP contribution in [0.25, 0.3) is 11.2 Å². The Labute approximate surface area is 106 Å². The minimum absolute atomic E-state index is 0.0615. The highest BCUT2D eigenvalue weighted by atomic mass is 19.4. The molecule has 0 aliphatic carbocycles. The second kappa shape index (κ2) is 4.15. The van der Waals surface area contributed by atoms with Crippen molar-refractivity contribution in [1.29, 1.82) is 0 Å². The van der Waals surface area contributed by atoms with Crippen LogP contribution in [0.2, 0.25) is 0 Å². The third-order valence-electron chi connectivity index (χ3n) is 2.60. The van der Waals surface area contributed by atoms with Crippen molar-refractivity contribution in [3.63, 3.8) is 0 Å². The largest absolute Gasteiger partial charge is 0.461 e. The first kappa shape index (κ1) is 14.2. The third-order valence-corrected chi connectivity index (χ3v) is 2.60. The number of nitrogens with one attached hydrogen (secondary N) is 2. The summed E-state index contributed by atoms with van der Waals surface area (Å²) in [5.74, 6) is -6.99. The zero-order valence-corrected chi connectivity index (χ0v) is 9.81. The maximum absolute atomic E-state index is 13.2. The molecule has 0 aromatic carbocycles. The van der Waals surface area contributed by atoms with Gasteiger partial charge in [-0.15, -0.1) is 0 Å². The molecule has 0 saturated carbocycles. The summed E-state index contributed by atoms with van der Waals surface area (Å²) in [6.45, 7) is 1.38.